The highest BCUT2D eigenvalue weighted by molar-refractivity contribution is 5.99. The predicted octanol–water partition coefficient (Wildman–Crippen LogP) is 3.96. The van der Waals surface area contributed by atoms with Crippen LogP contribution in [0.25, 0.3) is 11.1 Å². The summed E-state index contributed by atoms with van der Waals surface area (Å²) in [5.41, 5.74) is 5.69. The van der Waals surface area contributed by atoms with Crippen molar-refractivity contribution in [2.75, 3.05) is 0 Å². The number of hydrogen-bond acceptors (Lipinski definition) is 2. The van der Waals surface area contributed by atoms with E-state index in [0.717, 1.165) is 6.07 Å². The van der Waals surface area contributed by atoms with E-state index in [1.54, 1.807) is 13.8 Å². The van der Waals surface area contributed by atoms with Gasteiger partial charge in [0.25, 0.3) is 5.91 Å². The minimum Gasteiger partial charge on any atom is -0.368 e. The average molecular weight is 374 g/mol. The summed E-state index contributed by atoms with van der Waals surface area (Å²) in [6.07, 6.45) is 0.364. The number of nitrogens with two attached hydrogens (primary N) is 1. The van der Waals surface area contributed by atoms with Crippen molar-refractivity contribution in [3.05, 3.63) is 59.2 Å². The second kappa shape index (κ2) is 7.86. The van der Waals surface area contributed by atoms with Crippen LogP contribution in [0.4, 0.5) is 8.78 Å². The highest BCUT2D eigenvalue weighted by Crippen LogP contribution is 2.27. The zero-order chi connectivity index (χ0) is 20.4. The van der Waals surface area contributed by atoms with Crippen molar-refractivity contribution >= 4 is 11.8 Å². The second-order valence-corrected chi connectivity index (χ2v) is 7.40. The number of benzene rings is 2. The number of nitrogens with one attached hydrogen (secondary N) is 1. The smallest absolute Gasteiger partial charge is 0.252 e. The van der Waals surface area contributed by atoms with Crippen LogP contribution in [-0.2, 0) is 4.79 Å². The molecule has 0 aliphatic rings. The Morgan fingerprint density at radius 1 is 1.11 bits per heavy atom. The Hall–Kier alpha value is -2.76. The summed E-state index contributed by atoms with van der Waals surface area (Å²) in [5, 5.41) is 2.62. The molecule has 2 aromatic rings. The van der Waals surface area contributed by atoms with E-state index in [1.165, 1.54) is 30.3 Å². The van der Waals surface area contributed by atoms with E-state index in [4.69, 9.17) is 5.73 Å². The molecule has 0 saturated heterocycles. The van der Waals surface area contributed by atoms with Gasteiger partial charge in [0.05, 0.1) is 0 Å². The first-order chi connectivity index (χ1) is 12.5. The Bertz CT molecular complexity index is 880. The molecule has 0 aliphatic carbocycles. The van der Waals surface area contributed by atoms with Crippen LogP contribution in [0, 0.1) is 24.5 Å². The molecule has 0 aliphatic heterocycles. The van der Waals surface area contributed by atoms with Gasteiger partial charge in [-0.05, 0) is 61.6 Å². The predicted molar refractivity (Wildman–Crippen MR) is 101 cm³/mol. The summed E-state index contributed by atoms with van der Waals surface area (Å²) in [7, 11) is 0. The summed E-state index contributed by atoms with van der Waals surface area (Å²) in [4.78, 5) is 24.3. The molecule has 0 radical (unpaired) electrons. The largest absolute Gasteiger partial charge is 0.368 e. The van der Waals surface area contributed by atoms with E-state index in [9.17, 15) is 18.4 Å². The average Bonchev–Trinajstić information content (AvgIpc) is 2.54. The fourth-order valence-electron chi connectivity index (χ4n) is 3.16. The molecular weight excluding hydrogens is 350 g/mol. The SMILES string of the molecule is Cc1cc(F)ccc1-c1ccc(C(=O)NC(C)(CC(C)C)C(N)=O)cc1F. The summed E-state index contributed by atoms with van der Waals surface area (Å²) in [6, 6.07) is 8.11. The molecule has 0 aromatic heterocycles. The van der Waals surface area contributed by atoms with Crippen LogP contribution in [0.3, 0.4) is 0 Å². The van der Waals surface area contributed by atoms with E-state index in [-0.39, 0.29) is 17.0 Å². The van der Waals surface area contributed by atoms with Crippen LogP contribution >= 0.6 is 0 Å². The van der Waals surface area contributed by atoms with Crippen molar-refractivity contribution in [1.29, 1.82) is 0 Å². The normalized spacial score (nSPS) is 13.3. The van der Waals surface area contributed by atoms with Gasteiger partial charge in [-0.3, -0.25) is 9.59 Å². The molecule has 27 heavy (non-hydrogen) atoms. The number of rotatable bonds is 6. The summed E-state index contributed by atoms with van der Waals surface area (Å²) >= 11 is 0. The molecule has 2 aromatic carbocycles. The monoisotopic (exact) mass is 374 g/mol. The quantitative estimate of drug-likeness (QED) is 0.803. The molecular formula is C21H24F2N2O2. The fraction of sp³-hybridized carbons (Fsp3) is 0.333. The third kappa shape index (κ3) is 4.70. The molecule has 0 heterocycles. The van der Waals surface area contributed by atoms with Crippen molar-refractivity contribution in [3.63, 3.8) is 0 Å². The Labute approximate surface area is 157 Å². The maximum absolute atomic E-state index is 14.6. The Morgan fingerprint density at radius 2 is 1.74 bits per heavy atom. The van der Waals surface area contributed by atoms with E-state index >= 15 is 0 Å². The van der Waals surface area contributed by atoms with Gasteiger partial charge in [-0.2, -0.15) is 0 Å². The zero-order valence-electron chi connectivity index (χ0n) is 15.9. The molecule has 1 atom stereocenters. The maximum Gasteiger partial charge on any atom is 0.252 e. The van der Waals surface area contributed by atoms with Crippen molar-refractivity contribution in [3.8, 4) is 11.1 Å². The lowest BCUT2D eigenvalue weighted by atomic mass is 9.89. The lowest BCUT2D eigenvalue weighted by Gasteiger charge is -2.29. The van der Waals surface area contributed by atoms with E-state index < -0.39 is 29.0 Å². The van der Waals surface area contributed by atoms with Gasteiger partial charge < -0.3 is 11.1 Å². The van der Waals surface area contributed by atoms with Gasteiger partial charge in [-0.15, -0.1) is 0 Å². The number of primary amides is 1. The van der Waals surface area contributed by atoms with Gasteiger partial charge in [0.2, 0.25) is 5.91 Å². The molecule has 3 N–H and O–H groups in total. The van der Waals surface area contributed by atoms with Crippen molar-refractivity contribution < 1.29 is 18.4 Å². The minimum atomic E-state index is -1.23. The third-order valence-corrected chi connectivity index (χ3v) is 4.46. The number of amides is 2. The molecule has 0 bridgehead atoms. The van der Waals surface area contributed by atoms with Gasteiger partial charge in [0.1, 0.15) is 17.2 Å². The number of aryl methyl sites for hydroxylation is 1. The fourth-order valence-corrected chi connectivity index (χ4v) is 3.16. The van der Waals surface area contributed by atoms with Gasteiger partial charge in [0, 0.05) is 11.1 Å². The topological polar surface area (TPSA) is 72.2 Å². The lowest BCUT2D eigenvalue weighted by Crippen LogP contribution is -2.56. The highest BCUT2D eigenvalue weighted by Gasteiger charge is 2.34. The van der Waals surface area contributed by atoms with E-state index in [2.05, 4.69) is 5.32 Å². The summed E-state index contributed by atoms with van der Waals surface area (Å²) in [5.74, 6) is -2.12. The summed E-state index contributed by atoms with van der Waals surface area (Å²) < 4.78 is 27.9. The molecule has 144 valence electrons. The molecule has 4 nitrogen and oxygen atoms in total. The molecule has 0 saturated carbocycles. The van der Waals surface area contributed by atoms with Gasteiger partial charge in [-0.1, -0.05) is 26.0 Å². The van der Waals surface area contributed by atoms with Crippen LogP contribution in [0.5, 0.6) is 0 Å². The Morgan fingerprint density at radius 3 is 2.26 bits per heavy atom. The number of carbonyl (C=O) groups is 2. The van der Waals surface area contributed by atoms with Crippen LogP contribution in [0.2, 0.25) is 0 Å². The lowest BCUT2D eigenvalue weighted by molar-refractivity contribution is -0.124. The zero-order valence-corrected chi connectivity index (χ0v) is 15.9. The Kier molecular flexibility index (Phi) is 5.98. The minimum absolute atomic E-state index is 0.0762. The molecule has 0 spiro atoms. The number of carbonyl (C=O) groups excluding carboxylic acids is 2. The summed E-state index contributed by atoms with van der Waals surface area (Å²) in [6.45, 7) is 7.06. The van der Waals surface area contributed by atoms with Gasteiger partial charge in [0.15, 0.2) is 0 Å². The molecule has 6 heteroatoms. The first-order valence-electron chi connectivity index (χ1n) is 8.72. The molecule has 1 unspecified atom stereocenters. The van der Waals surface area contributed by atoms with Crippen LogP contribution in [-0.4, -0.2) is 17.4 Å². The van der Waals surface area contributed by atoms with Gasteiger partial charge >= 0.3 is 0 Å². The third-order valence-electron chi connectivity index (χ3n) is 4.46. The highest BCUT2D eigenvalue weighted by atomic mass is 19.1. The standard InChI is InChI=1S/C21H24F2N2O2/c1-12(2)11-21(4,20(24)27)25-19(26)14-5-7-17(18(23)10-14)16-8-6-15(22)9-13(16)3/h5-10,12H,11H2,1-4H3,(H2,24,27)(H,25,26). The first kappa shape index (κ1) is 20.6. The van der Waals surface area contributed by atoms with Crippen molar-refractivity contribution in [2.45, 2.75) is 39.7 Å². The molecule has 2 amide bonds. The van der Waals surface area contributed by atoms with Crippen molar-refractivity contribution in [2.24, 2.45) is 11.7 Å². The first-order valence-corrected chi connectivity index (χ1v) is 8.72. The Balaban J connectivity index is 2.31. The van der Waals surface area contributed by atoms with Crippen LogP contribution in [0.15, 0.2) is 36.4 Å². The molecule has 2 rings (SSSR count). The van der Waals surface area contributed by atoms with E-state index in [0.29, 0.717) is 17.5 Å². The van der Waals surface area contributed by atoms with Crippen LogP contribution in [0.1, 0.15) is 43.1 Å². The second-order valence-electron chi connectivity index (χ2n) is 7.40. The maximum atomic E-state index is 14.6. The van der Waals surface area contributed by atoms with Crippen LogP contribution < -0.4 is 11.1 Å². The van der Waals surface area contributed by atoms with Crippen molar-refractivity contribution in [1.82, 2.24) is 5.32 Å². The van der Waals surface area contributed by atoms with E-state index in [1.807, 2.05) is 13.8 Å². The number of halogens is 2. The van der Waals surface area contributed by atoms with Gasteiger partial charge in [-0.25, -0.2) is 8.78 Å². The molecule has 0 fully saturated rings. The number of hydrogen-bond donors (Lipinski definition) is 2.